The van der Waals surface area contributed by atoms with Crippen LogP contribution in [0.2, 0.25) is 0 Å². The van der Waals surface area contributed by atoms with Gasteiger partial charge in [-0.15, -0.1) is 16.4 Å². The molecule has 2 aromatic rings. The van der Waals surface area contributed by atoms with Crippen molar-refractivity contribution < 1.29 is 4.79 Å². The summed E-state index contributed by atoms with van der Waals surface area (Å²) in [5.74, 6) is 1.04. The van der Waals surface area contributed by atoms with Crippen LogP contribution >= 0.6 is 11.3 Å². The molecule has 0 spiro atoms. The van der Waals surface area contributed by atoms with E-state index in [-0.39, 0.29) is 5.91 Å². The van der Waals surface area contributed by atoms with E-state index in [2.05, 4.69) is 26.5 Å². The Morgan fingerprint density at radius 3 is 3.12 bits per heavy atom. The molecule has 1 aliphatic heterocycles. The molecule has 1 aliphatic rings. The van der Waals surface area contributed by atoms with E-state index in [0.29, 0.717) is 19.1 Å². The van der Waals surface area contributed by atoms with E-state index in [9.17, 15) is 4.79 Å². The zero-order chi connectivity index (χ0) is 16.8. The minimum atomic E-state index is 0.118. The molecular formula is C17H23N5OS. The van der Waals surface area contributed by atoms with Crippen molar-refractivity contribution in [3.05, 3.63) is 40.7 Å². The predicted molar refractivity (Wildman–Crippen MR) is 96.1 cm³/mol. The van der Waals surface area contributed by atoms with Crippen LogP contribution in [-0.2, 0) is 11.3 Å². The molecule has 0 radical (unpaired) electrons. The van der Waals surface area contributed by atoms with Crippen LogP contribution < -0.4 is 10.2 Å². The molecule has 1 fully saturated rings. The molecule has 3 rings (SSSR count). The normalized spacial score (nSPS) is 17.2. The molecule has 1 atom stereocenters. The fourth-order valence-electron chi connectivity index (χ4n) is 3.00. The summed E-state index contributed by atoms with van der Waals surface area (Å²) in [7, 11) is 1.85. The highest BCUT2D eigenvalue weighted by Gasteiger charge is 2.25. The Labute approximate surface area is 146 Å². The molecule has 1 N–H and O–H groups in total. The van der Waals surface area contributed by atoms with Crippen molar-refractivity contribution in [2.45, 2.75) is 25.4 Å². The molecule has 6 nitrogen and oxygen atoms in total. The highest BCUT2D eigenvalue weighted by atomic mass is 32.1. The lowest BCUT2D eigenvalue weighted by molar-refractivity contribution is -0.129. The number of rotatable bonds is 7. The first-order valence-electron chi connectivity index (χ1n) is 8.25. The van der Waals surface area contributed by atoms with Gasteiger partial charge >= 0.3 is 0 Å². The van der Waals surface area contributed by atoms with Gasteiger partial charge in [0, 0.05) is 37.3 Å². The molecule has 0 unspecified atom stereocenters. The van der Waals surface area contributed by atoms with Crippen LogP contribution in [0.15, 0.2) is 35.8 Å². The van der Waals surface area contributed by atoms with Gasteiger partial charge in [0.1, 0.15) is 0 Å². The van der Waals surface area contributed by atoms with Crippen LogP contribution in [0.3, 0.4) is 0 Å². The average molecular weight is 345 g/mol. The first kappa shape index (κ1) is 16.9. The monoisotopic (exact) mass is 345 g/mol. The highest BCUT2D eigenvalue weighted by molar-refractivity contribution is 7.09. The molecule has 2 aromatic heterocycles. The maximum absolute atomic E-state index is 12.2. The molecule has 3 heterocycles. The lowest BCUT2D eigenvalue weighted by Crippen LogP contribution is -2.42. The number of thiophene rings is 1. The Bertz CT molecular complexity index is 634. The topological polar surface area (TPSA) is 61.4 Å². The summed E-state index contributed by atoms with van der Waals surface area (Å²) in [5.41, 5.74) is 0. The maximum Gasteiger partial charge on any atom is 0.236 e. The highest BCUT2D eigenvalue weighted by Crippen LogP contribution is 2.22. The van der Waals surface area contributed by atoms with Crippen LogP contribution in [0.25, 0.3) is 0 Å². The molecule has 128 valence electrons. The Morgan fingerprint density at radius 1 is 1.46 bits per heavy atom. The largest absolute Gasteiger partial charge is 0.351 e. The van der Waals surface area contributed by atoms with Gasteiger partial charge in [-0.2, -0.15) is 5.10 Å². The van der Waals surface area contributed by atoms with Crippen molar-refractivity contribution in [3.8, 4) is 0 Å². The second-order valence-electron chi connectivity index (χ2n) is 6.03. The van der Waals surface area contributed by atoms with Gasteiger partial charge in [-0.05, 0) is 36.4 Å². The number of nitrogens with one attached hydrogen (secondary N) is 1. The number of hydrogen-bond acceptors (Lipinski definition) is 6. The summed E-state index contributed by atoms with van der Waals surface area (Å²) in [6.07, 6.45) is 3.95. The Kier molecular flexibility index (Phi) is 5.77. The minimum absolute atomic E-state index is 0.118. The van der Waals surface area contributed by atoms with Crippen LogP contribution in [0.5, 0.6) is 0 Å². The number of hydrogen-bond donors (Lipinski definition) is 1. The van der Waals surface area contributed by atoms with Gasteiger partial charge in [0.15, 0.2) is 5.82 Å². The van der Waals surface area contributed by atoms with Crippen LogP contribution in [0.1, 0.15) is 17.7 Å². The van der Waals surface area contributed by atoms with Crippen LogP contribution in [-0.4, -0.2) is 53.7 Å². The van der Waals surface area contributed by atoms with Crippen molar-refractivity contribution in [3.63, 3.8) is 0 Å². The van der Waals surface area contributed by atoms with E-state index in [0.717, 1.165) is 31.7 Å². The zero-order valence-electron chi connectivity index (χ0n) is 13.9. The van der Waals surface area contributed by atoms with Gasteiger partial charge in [0.25, 0.3) is 0 Å². The standard InChI is InChI=1S/C17H23N5OS/c1-21(13-15-6-4-10-24-15)17(23)12-18-11-14-5-3-9-22(14)16-7-2-8-19-20-16/h2,4,6-8,10,14,18H,3,5,9,11-13H2,1H3/t14-/m1/s1. The Morgan fingerprint density at radius 2 is 2.38 bits per heavy atom. The first-order valence-corrected chi connectivity index (χ1v) is 9.13. The number of aromatic nitrogens is 2. The quantitative estimate of drug-likeness (QED) is 0.828. The third kappa shape index (κ3) is 4.30. The summed E-state index contributed by atoms with van der Waals surface area (Å²) < 4.78 is 0. The fourth-order valence-corrected chi connectivity index (χ4v) is 3.76. The zero-order valence-corrected chi connectivity index (χ0v) is 14.7. The van der Waals surface area contributed by atoms with E-state index in [4.69, 9.17) is 0 Å². The summed E-state index contributed by atoms with van der Waals surface area (Å²) in [6.45, 7) is 2.83. The van der Waals surface area contributed by atoms with Gasteiger partial charge < -0.3 is 15.1 Å². The summed E-state index contributed by atoms with van der Waals surface area (Å²) >= 11 is 1.68. The molecule has 1 saturated heterocycles. The second kappa shape index (κ2) is 8.21. The molecule has 0 aliphatic carbocycles. The lowest BCUT2D eigenvalue weighted by Gasteiger charge is -2.25. The van der Waals surface area contributed by atoms with E-state index in [1.165, 1.54) is 4.88 Å². The third-order valence-electron chi connectivity index (χ3n) is 4.28. The van der Waals surface area contributed by atoms with Crippen LogP contribution in [0.4, 0.5) is 5.82 Å². The molecular weight excluding hydrogens is 322 g/mol. The summed E-state index contributed by atoms with van der Waals surface area (Å²) in [6, 6.07) is 8.34. The van der Waals surface area contributed by atoms with E-state index in [1.54, 1.807) is 22.4 Å². The molecule has 0 bridgehead atoms. The van der Waals surface area contributed by atoms with Crippen molar-refractivity contribution in [2.75, 3.05) is 31.6 Å². The number of carbonyl (C=O) groups excluding carboxylic acids is 1. The molecule has 1 amide bonds. The van der Waals surface area contributed by atoms with Gasteiger partial charge in [-0.1, -0.05) is 6.07 Å². The summed E-state index contributed by atoms with van der Waals surface area (Å²) in [5, 5.41) is 13.5. The SMILES string of the molecule is CN(Cc1cccs1)C(=O)CNC[C@H]1CCCN1c1cccnn1. The number of carbonyl (C=O) groups is 1. The van der Waals surface area contributed by atoms with Gasteiger partial charge in [-0.25, -0.2) is 0 Å². The molecule has 0 saturated carbocycles. The Hall–Kier alpha value is -1.99. The van der Waals surface area contributed by atoms with Crippen molar-refractivity contribution >= 4 is 23.1 Å². The minimum Gasteiger partial charge on any atom is -0.351 e. The third-order valence-corrected chi connectivity index (χ3v) is 5.15. The Balaban J connectivity index is 1.44. The first-order chi connectivity index (χ1) is 11.7. The van der Waals surface area contributed by atoms with Crippen molar-refractivity contribution in [1.82, 2.24) is 20.4 Å². The smallest absolute Gasteiger partial charge is 0.236 e. The van der Waals surface area contributed by atoms with Gasteiger partial charge in [0.2, 0.25) is 5.91 Å². The lowest BCUT2D eigenvalue weighted by atomic mass is 10.2. The fraction of sp³-hybridized carbons (Fsp3) is 0.471. The number of nitrogens with zero attached hydrogens (tertiary/aromatic N) is 4. The molecule has 7 heteroatoms. The van der Waals surface area contributed by atoms with Crippen molar-refractivity contribution in [1.29, 1.82) is 0 Å². The van der Waals surface area contributed by atoms with E-state index < -0.39 is 0 Å². The number of likely N-dealkylation sites (N-methyl/N-ethyl adjacent to an activating group) is 1. The maximum atomic E-state index is 12.2. The van der Waals surface area contributed by atoms with E-state index >= 15 is 0 Å². The predicted octanol–water partition coefficient (Wildman–Crippen LogP) is 1.76. The van der Waals surface area contributed by atoms with Gasteiger partial charge in [0.05, 0.1) is 13.1 Å². The summed E-state index contributed by atoms with van der Waals surface area (Å²) in [4.78, 5) is 17.5. The number of amides is 1. The van der Waals surface area contributed by atoms with E-state index in [1.807, 2.05) is 30.6 Å². The number of anilines is 1. The van der Waals surface area contributed by atoms with Crippen molar-refractivity contribution in [2.24, 2.45) is 0 Å². The second-order valence-corrected chi connectivity index (χ2v) is 7.06. The molecule has 24 heavy (non-hydrogen) atoms. The average Bonchev–Trinajstić information content (AvgIpc) is 3.27. The van der Waals surface area contributed by atoms with Gasteiger partial charge in [-0.3, -0.25) is 4.79 Å². The molecule has 0 aromatic carbocycles. The van der Waals surface area contributed by atoms with Crippen LogP contribution in [0, 0.1) is 0 Å².